The van der Waals surface area contributed by atoms with Crippen molar-refractivity contribution in [2.45, 2.75) is 30.6 Å². The Morgan fingerprint density at radius 2 is 1.68 bits per heavy atom. The molecule has 0 saturated heterocycles. The molecule has 0 spiro atoms. The molecule has 7 N–H and O–H groups in total. The summed E-state index contributed by atoms with van der Waals surface area (Å²) in [7, 11) is 2.90. The van der Waals surface area contributed by atoms with Crippen LogP contribution in [0.25, 0.3) is 16.9 Å². The molecule has 5 rings (SSSR count). The first-order chi connectivity index (χ1) is 18.8. The van der Waals surface area contributed by atoms with Gasteiger partial charge >= 0.3 is 0 Å². The maximum Gasteiger partial charge on any atom is 0.255 e. The standard InChI is InChI=1S/C29H28N2O9/c1-11-14-8-9-15(13-6-4-12(10-32)5-7-13)22(33)17(14)23(34)18-16(11)24(35)20-21(31(2)3)25(36)19(28(30)39)27(38)29(20,40)26(18)37/h4-11,16,20-21,24,33-35,38,40H,1-3H3,(H2,30,39)/t11-,16+,20+,21-,24-,29-/m0/s1. The van der Waals surface area contributed by atoms with Crippen LogP contribution in [0.1, 0.15) is 34.3 Å². The van der Waals surface area contributed by atoms with Crippen LogP contribution in [0.4, 0.5) is 0 Å². The van der Waals surface area contributed by atoms with Gasteiger partial charge in [-0.3, -0.25) is 24.1 Å². The Kier molecular flexibility index (Phi) is 6.21. The first-order valence-corrected chi connectivity index (χ1v) is 12.5. The van der Waals surface area contributed by atoms with Gasteiger partial charge in [-0.15, -0.1) is 0 Å². The average molecular weight is 549 g/mol. The zero-order chi connectivity index (χ0) is 29.4. The monoisotopic (exact) mass is 548 g/mol. The van der Waals surface area contributed by atoms with E-state index in [0.717, 1.165) is 0 Å². The van der Waals surface area contributed by atoms with Gasteiger partial charge in [0.15, 0.2) is 11.4 Å². The van der Waals surface area contributed by atoms with Crippen LogP contribution >= 0.6 is 0 Å². The van der Waals surface area contributed by atoms with Crippen molar-refractivity contribution in [3.05, 3.63) is 70.0 Å². The van der Waals surface area contributed by atoms with E-state index in [2.05, 4.69) is 0 Å². The molecule has 11 nitrogen and oxygen atoms in total. The number of nitrogens with two attached hydrogens (primary N) is 1. The summed E-state index contributed by atoms with van der Waals surface area (Å²) < 4.78 is 0. The highest BCUT2D eigenvalue weighted by atomic mass is 16.4. The fraction of sp³-hybridized carbons (Fsp3) is 0.310. The van der Waals surface area contributed by atoms with Crippen molar-refractivity contribution in [1.29, 1.82) is 0 Å². The lowest BCUT2D eigenvalue weighted by Crippen LogP contribution is -2.70. The summed E-state index contributed by atoms with van der Waals surface area (Å²) in [5, 5.41) is 57.1. The Labute approximate surface area is 228 Å². The molecule has 11 heteroatoms. The molecule has 0 radical (unpaired) electrons. The number of aromatic hydroxyl groups is 1. The fourth-order valence-electron chi connectivity index (χ4n) is 6.59. The third-order valence-electron chi connectivity index (χ3n) is 8.49. The molecule has 0 aromatic heterocycles. The van der Waals surface area contributed by atoms with E-state index in [9.17, 15) is 44.7 Å². The molecule has 0 unspecified atom stereocenters. The second kappa shape index (κ2) is 9.12. The Bertz CT molecular complexity index is 1560. The van der Waals surface area contributed by atoms with Crippen LogP contribution in [0.3, 0.4) is 0 Å². The van der Waals surface area contributed by atoms with Crippen molar-refractivity contribution in [2.24, 2.45) is 17.6 Å². The van der Waals surface area contributed by atoms with E-state index < -0.39 is 75.6 Å². The van der Waals surface area contributed by atoms with Crippen LogP contribution in [-0.2, 0) is 14.4 Å². The number of ketones is 2. The number of rotatable bonds is 4. The van der Waals surface area contributed by atoms with Crippen LogP contribution in [0, 0.1) is 11.8 Å². The number of phenols is 1. The molecule has 208 valence electrons. The summed E-state index contributed by atoms with van der Waals surface area (Å²) >= 11 is 0. The molecule has 3 aliphatic rings. The van der Waals surface area contributed by atoms with Crippen LogP contribution in [0.15, 0.2) is 53.3 Å². The van der Waals surface area contributed by atoms with E-state index in [4.69, 9.17) is 5.73 Å². The second-order valence-corrected chi connectivity index (χ2v) is 10.7. The average Bonchev–Trinajstić information content (AvgIpc) is 2.90. The minimum absolute atomic E-state index is 0.104. The highest BCUT2D eigenvalue weighted by Crippen LogP contribution is 2.56. The number of amides is 1. The highest BCUT2D eigenvalue weighted by molar-refractivity contribution is 6.24. The molecule has 0 bridgehead atoms. The summed E-state index contributed by atoms with van der Waals surface area (Å²) in [5.41, 5.74) is 2.43. The molecule has 0 heterocycles. The summed E-state index contributed by atoms with van der Waals surface area (Å²) in [6.45, 7) is 1.66. The molecule has 1 amide bonds. The number of aldehydes is 1. The number of benzene rings is 2. The molecule has 3 aliphatic carbocycles. The second-order valence-electron chi connectivity index (χ2n) is 10.7. The number of carbonyl (C=O) groups excluding carboxylic acids is 4. The maximum absolute atomic E-state index is 14.0. The van der Waals surface area contributed by atoms with Gasteiger partial charge in [0.2, 0.25) is 5.78 Å². The van der Waals surface area contributed by atoms with E-state index >= 15 is 0 Å². The zero-order valence-electron chi connectivity index (χ0n) is 21.8. The molecule has 0 aliphatic heterocycles. The van der Waals surface area contributed by atoms with Crippen molar-refractivity contribution in [1.82, 2.24) is 4.90 Å². The minimum atomic E-state index is -2.97. The van der Waals surface area contributed by atoms with Crippen LogP contribution in [0.5, 0.6) is 5.75 Å². The number of carbonyl (C=O) groups is 4. The van der Waals surface area contributed by atoms with E-state index in [1.54, 1.807) is 43.3 Å². The zero-order valence-corrected chi connectivity index (χ0v) is 21.8. The molecule has 40 heavy (non-hydrogen) atoms. The topological polar surface area (TPSA) is 199 Å². The van der Waals surface area contributed by atoms with E-state index in [-0.39, 0.29) is 16.9 Å². The predicted molar refractivity (Wildman–Crippen MR) is 141 cm³/mol. The number of aliphatic hydroxyl groups is 4. The Morgan fingerprint density at radius 3 is 2.23 bits per heavy atom. The van der Waals surface area contributed by atoms with Gasteiger partial charge in [0.1, 0.15) is 29.1 Å². The molecule has 1 saturated carbocycles. The number of likely N-dealkylation sites (N-methyl/N-ethyl adjacent to an activating group) is 1. The van der Waals surface area contributed by atoms with Crippen molar-refractivity contribution in [3.63, 3.8) is 0 Å². The fourth-order valence-corrected chi connectivity index (χ4v) is 6.59. The van der Waals surface area contributed by atoms with Gasteiger partial charge in [-0.05, 0) is 31.1 Å². The molecular weight excluding hydrogens is 520 g/mol. The van der Waals surface area contributed by atoms with Crippen LogP contribution in [0.2, 0.25) is 0 Å². The third-order valence-corrected chi connectivity index (χ3v) is 8.49. The summed E-state index contributed by atoms with van der Waals surface area (Å²) in [5.74, 6) is -9.39. The van der Waals surface area contributed by atoms with E-state index in [1.165, 1.54) is 19.0 Å². The number of phenolic OH excluding ortho intramolecular Hbond substituents is 1. The third kappa shape index (κ3) is 3.41. The van der Waals surface area contributed by atoms with Crippen molar-refractivity contribution in [3.8, 4) is 16.9 Å². The van der Waals surface area contributed by atoms with Gasteiger partial charge in [-0.1, -0.05) is 43.3 Å². The van der Waals surface area contributed by atoms with Crippen LogP contribution in [-0.4, -0.2) is 86.0 Å². The summed E-state index contributed by atoms with van der Waals surface area (Å²) in [4.78, 5) is 51.8. The van der Waals surface area contributed by atoms with Crippen molar-refractivity contribution >= 4 is 29.5 Å². The smallest absolute Gasteiger partial charge is 0.255 e. The minimum Gasteiger partial charge on any atom is -0.508 e. The largest absolute Gasteiger partial charge is 0.508 e. The lowest BCUT2D eigenvalue weighted by atomic mass is 9.54. The van der Waals surface area contributed by atoms with Crippen molar-refractivity contribution < 1.29 is 44.7 Å². The Morgan fingerprint density at radius 1 is 1.05 bits per heavy atom. The molecule has 6 atom stereocenters. The predicted octanol–water partition coefficient (Wildman–Crippen LogP) is 0.975. The first kappa shape index (κ1) is 27.3. The normalized spacial score (nSPS) is 29.7. The number of fused-ring (bicyclic) bond motifs is 3. The number of Topliss-reactive ketones (excluding diaryl/α,β-unsaturated/α-hetero) is 2. The maximum atomic E-state index is 14.0. The van der Waals surface area contributed by atoms with Gasteiger partial charge in [-0.2, -0.15) is 0 Å². The Hall–Kier alpha value is -4.32. The first-order valence-electron chi connectivity index (χ1n) is 12.5. The van der Waals surface area contributed by atoms with Crippen molar-refractivity contribution in [2.75, 3.05) is 14.1 Å². The number of aliphatic hydroxyl groups excluding tert-OH is 3. The van der Waals surface area contributed by atoms with Gasteiger partial charge < -0.3 is 31.3 Å². The number of hydrogen-bond donors (Lipinski definition) is 6. The van der Waals surface area contributed by atoms with Gasteiger partial charge in [0.05, 0.1) is 23.6 Å². The van der Waals surface area contributed by atoms with E-state index in [0.29, 0.717) is 23.0 Å². The lowest BCUT2D eigenvalue weighted by molar-refractivity contribution is -0.169. The SMILES string of the molecule is C[C@H]1c2ccc(-c3ccc(C=O)cc3)c(O)c2C(O)=C2C(=O)[C@]3(O)C(O)=C(C(N)=O)C(=O)[C@@H](N(C)C)[C@@H]3[C@@H](O)[C@@H]21. The lowest BCUT2D eigenvalue weighted by Gasteiger charge is -2.53. The summed E-state index contributed by atoms with van der Waals surface area (Å²) in [6.07, 6.45) is -0.992. The highest BCUT2D eigenvalue weighted by Gasteiger charge is 2.68. The van der Waals surface area contributed by atoms with Crippen LogP contribution < -0.4 is 5.73 Å². The van der Waals surface area contributed by atoms with Gasteiger partial charge in [0.25, 0.3) is 5.91 Å². The summed E-state index contributed by atoms with van der Waals surface area (Å²) in [6, 6.07) is 8.12. The number of nitrogens with zero attached hydrogens (tertiary/aromatic N) is 1. The quantitative estimate of drug-likeness (QED) is 0.236. The van der Waals surface area contributed by atoms with E-state index in [1.807, 2.05) is 0 Å². The molecule has 2 aromatic rings. The molecule has 2 aromatic carbocycles. The number of hydrogen-bond acceptors (Lipinski definition) is 10. The molecule has 1 fully saturated rings. The Balaban J connectivity index is 1.76. The van der Waals surface area contributed by atoms with Gasteiger partial charge in [-0.25, -0.2) is 0 Å². The van der Waals surface area contributed by atoms with Gasteiger partial charge in [0, 0.05) is 22.6 Å². The molecular formula is C29H28N2O9. The number of primary amides is 1.